The van der Waals surface area contributed by atoms with Crippen molar-refractivity contribution in [2.45, 2.75) is 36.6 Å². The molecule has 152 valence electrons. The first kappa shape index (κ1) is 19.6. The number of anilines is 2. The molecule has 1 amide bonds. The largest absolute Gasteiger partial charge is 0.309 e. The average Bonchev–Trinajstić information content (AvgIpc) is 3.48. The maximum atomic E-state index is 13.1. The topological polar surface area (TPSA) is 97.2 Å². The highest BCUT2D eigenvalue weighted by Crippen LogP contribution is 2.31. The summed E-state index contributed by atoms with van der Waals surface area (Å²) < 4.78 is 29.1. The summed E-state index contributed by atoms with van der Waals surface area (Å²) in [6.45, 7) is -0.374. The maximum absolute atomic E-state index is 13.1. The Morgan fingerprint density at radius 3 is 2.62 bits per heavy atom. The van der Waals surface area contributed by atoms with Crippen molar-refractivity contribution < 1.29 is 13.2 Å². The van der Waals surface area contributed by atoms with Crippen LogP contribution in [0.15, 0.2) is 59.1 Å². The molecule has 1 aliphatic carbocycles. The van der Waals surface area contributed by atoms with E-state index in [1.165, 1.54) is 18.3 Å². The molecule has 1 aliphatic rings. The number of nitrogens with zero attached hydrogens (tertiary/aromatic N) is 4. The van der Waals surface area contributed by atoms with E-state index in [-0.39, 0.29) is 22.6 Å². The minimum absolute atomic E-state index is 0.110. The van der Waals surface area contributed by atoms with Crippen LogP contribution in [-0.2, 0) is 14.8 Å². The van der Waals surface area contributed by atoms with Gasteiger partial charge in [0.1, 0.15) is 12.4 Å². The third-order valence-electron chi connectivity index (χ3n) is 4.86. The Hall–Kier alpha value is -2.72. The van der Waals surface area contributed by atoms with Gasteiger partial charge in [-0.25, -0.2) is 22.4 Å². The molecule has 0 spiro atoms. The number of amides is 1. The van der Waals surface area contributed by atoms with Gasteiger partial charge in [0.15, 0.2) is 5.13 Å². The van der Waals surface area contributed by atoms with Crippen molar-refractivity contribution in [3.05, 3.63) is 54.2 Å². The van der Waals surface area contributed by atoms with Crippen LogP contribution in [0.25, 0.3) is 0 Å². The Balaban J connectivity index is 1.56. The second kappa shape index (κ2) is 8.34. The van der Waals surface area contributed by atoms with Crippen molar-refractivity contribution in [3.63, 3.8) is 0 Å². The molecule has 1 fully saturated rings. The van der Waals surface area contributed by atoms with E-state index in [0.29, 0.717) is 5.82 Å². The number of carbonyl (C=O) groups excluding carboxylic acids is 1. The first-order chi connectivity index (χ1) is 14.1. The number of hydrogen-bond donors (Lipinski definition) is 1. The Kier molecular flexibility index (Phi) is 5.63. The molecule has 1 aromatic carbocycles. The van der Waals surface area contributed by atoms with Crippen molar-refractivity contribution in [1.82, 2.24) is 14.8 Å². The van der Waals surface area contributed by atoms with Gasteiger partial charge in [0.05, 0.1) is 17.1 Å². The molecular formula is C19H21N5O3S2. The summed E-state index contributed by atoms with van der Waals surface area (Å²) in [6.07, 6.45) is 7.50. The number of thiazole rings is 1. The molecule has 10 heteroatoms. The highest BCUT2D eigenvalue weighted by Gasteiger charge is 2.29. The predicted octanol–water partition coefficient (Wildman–Crippen LogP) is 3.29. The van der Waals surface area contributed by atoms with E-state index in [1.807, 2.05) is 4.68 Å². The molecule has 2 heterocycles. The lowest BCUT2D eigenvalue weighted by Gasteiger charge is -2.21. The first-order valence-electron chi connectivity index (χ1n) is 9.36. The van der Waals surface area contributed by atoms with Crippen molar-refractivity contribution in [2.75, 3.05) is 16.2 Å². The molecular weight excluding hydrogens is 410 g/mol. The van der Waals surface area contributed by atoms with E-state index in [9.17, 15) is 13.2 Å². The number of carbonyl (C=O) groups is 1. The fourth-order valence-electron chi connectivity index (χ4n) is 3.48. The Bertz CT molecular complexity index is 1060. The number of nitrogens with one attached hydrogen (secondary N) is 1. The van der Waals surface area contributed by atoms with Gasteiger partial charge >= 0.3 is 0 Å². The van der Waals surface area contributed by atoms with Crippen LogP contribution in [0.4, 0.5) is 10.9 Å². The van der Waals surface area contributed by atoms with Gasteiger partial charge in [-0.3, -0.25) is 4.79 Å². The standard InChI is InChI=1S/C19H21N5O3S2/c25-18(22-17-10-11-21-24(17)15-6-4-5-7-15)14-23(19-20-12-13-28-19)29(26,27)16-8-2-1-3-9-16/h1-3,8-13,15H,4-7,14H2,(H,22,25). The zero-order chi connectivity index (χ0) is 20.3. The fraction of sp³-hybridized carbons (Fsp3) is 0.316. The van der Waals surface area contributed by atoms with E-state index >= 15 is 0 Å². The third kappa shape index (κ3) is 4.18. The summed E-state index contributed by atoms with van der Waals surface area (Å²) in [6, 6.07) is 10.0. The highest BCUT2D eigenvalue weighted by molar-refractivity contribution is 7.93. The molecule has 0 radical (unpaired) electrons. The van der Waals surface area contributed by atoms with Crippen LogP contribution in [0, 0.1) is 0 Å². The normalized spacial score (nSPS) is 14.8. The second-order valence-electron chi connectivity index (χ2n) is 6.79. The van der Waals surface area contributed by atoms with Gasteiger partial charge < -0.3 is 5.32 Å². The average molecular weight is 432 g/mol. The number of benzene rings is 1. The highest BCUT2D eigenvalue weighted by atomic mass is 32.2. The molecule has 3 aromatic rings. The number of sulfonamides is 1. The molecule has 29 heavy (non-hydrogen) atoms. The van der Waals surface area contributed by atoms with Crippen LogP contribution >= 0.6 is 11.3 Å². The molecule has 8 nitrogen and oxygen atoms in total. The van der Waals surface area contributed by atoms with Crippen molar-refractivity contribution in [1.29, 1.82) is 0 Å². The molecule has 0 aliphatic heterocycles. The van der Waals surface area contributed by atoms with E-state index in [2.05, 4.69) is 15.4 Å². The quantitative estimate of drug-likeness (QED) is 0.619. The Morgan fingerprint density at radius 1 is 1.17 bits per heavy atom. The molecule has 2 aromatic heterocycles. The zero-order valence-electron chi connectivity index (χ0n) is 15.6. The van der Waals surface area contributed by atoms with Crippen LogP contribution in [0.5, 0.6) is 0 Å². The number of rotatable bonds is 7. The second-order valence-corrected chi connectivity index (χ2v) is 9.52. The number of aromatic nitrogens is 3. The van der Waals surface area contributed by atoms with Crippen molar-refractivity contribution in [2.24, 2.45) is 0 Å². The van der Waals surface area contributed by atoms with E-state index in [1.54, 1.807) is 35.8 Å². The molecule has 0 unspecified atom stereocenters. The monoisotopic (exact) mass is 431 g/mol. The van der Waals surface area contributed by atoms with Gasteiger partial charge in [-0.15, -0.1) is 11.3 Å². The third-order valence-corrected chi connectivity index (χ3v) is 7.52. The van der Waals surface area contributed by atoms with Gasteiger partial charge in [-0.2, -0.15) is 5.10 Å². The van der Waals surface area contributed by atoms with Gasteiger partial charge in [0.25, 0.3) is 10.0 Å². The van der Waals surface area contributed by atoms with Crippen molar-refractivity contribution >= 4 is 38.2 Å². The SMILES string of the molecule is O=C(CN(c1nccs1)S(=O)(=O)c1ccccc1)Nc1ccnn1C1CCCC1. The smallest absolute Gasteiger partial charge is 0.266 e. The zero-order valence-corrected chi connectivity index (χ0v) is 17.3. The van der Waals surface area contributed by atoms with Crippen molar-refractivity contribution in [3.8, 4) is 0 Å². The number of hydrogen-bond acceptors (Lipinski definition) is 6. The minimum Gasteiger partial charge on any atom is -0.309 e. The lowest BCUT2D eigenvalue weighted by Crippen LogP contribution is -2.38. The van der Waals surface area contributed by atoms with Gasteiger partial charge in [0.2, 0.25) is 5.91 Å². The fourth-order valence-corrected chi connectivity index (χ4v) is 5.75. The van der Waals surface area contributed by atoms with Gasteiger partial charge in [-0.1, -0.05) is 31.0 Å². The van der Waals surface area contributed by atoms with E-state index in [0.717, 1.165) is 41.3 Å². The predicted molar refractivity (Wildman–Crippen MR) is 111 cm³/mol. The molecule has 0 atom stereocenters. The minimum atomic E-state index is -3.93. The summed E-state index contributed by atoms with van der Waals surface area (Å²) in [7, 11) is -3.93. The lowest BCUT2D eigenvalue weighted by molar-refractivity contribution is -0.114. The summed E-state index contributed by atoms with van der Waals surface area (Å²) in [5.41, 5.74) is 0. The summed E-state index contributed by atoms with van der Waals surface area (Å²) in [5, 5.41) is 9.07. The Labute approximate surface area is 173 Å². The molecule has 0 bridgehead atoms. The van der Waals surface area contributed by atoms with Crippen LogP contribution in [0.3, 0.4) is 0 Å². The van der Waals surface area contributed by atoms with Crippen LogP contribution < -0.4 is 9.62 Å². The molecule has 0 saturated heterocycles. The van der Waals surface area contributed by atoms with Gasteiger partial charge in [0, 0.05) is 17.6 Å². The maximum Gasteiger partial charge on any atom is 0.266 e. The lowest BCUT2D eigenvalue weighted by atomic mass is 10.2. The van der Waals surface area contributed by atoms with E-state index < -0.39 is 15.9 Å². The van der Waals surface area contributed by atoms with Crippen LogP contribution in [0.1, 0.15) is 31.7 Å². The van der Waals surface area contributed by atoms with E-state index in [4.69, 9.17) is 0 Å². The summed E-state index contributed by atoms with van der Waals surface area (Å²) >= 11 is 1.16. The summed E-state index contributed by atoms with van der Waals surface area (Å²) in [4.78, 5) is 17.0. The summed E-state index contributed by atoms with van der Waals surface area (Å²) in [5.74, 6) is 0.137. The first-order valence-corrected chi connectivity index (χ1v) is 11.7. The Morgan fingerprint density at radius 2 is 1.93 bits per heavy atom. The van der Waals surface area contributed by atoms with Gasteiger partial charge in [-0.05, 0) is 25.0 Å². The molecule has 4 rings (SSSR count). The van der Waals surface area contributed by atoms with Crippen LogP contribution in [0.2, 0.25) is 0 Å². The molecule has 1 N–H and O–H groups in total. The van der Waals surface area contributed by atoms with Crippen LogP contribution in [-0.4, -0.2) is 35.6 Å². The molecule has 1 saturated carbocycles.